The van der Waals surface area contributed by atoms with E-state index in [1.165, 1.54) is 5.56 Å². The SMILES string of the molecule is CC(C)c1ccc2nc(C(=O)c3ccccc3)c(C(=O)c3ccccc3)cc2c1. The van der Waals surface area contributed by atoms with Gasteiger partial charge in [-0.25, -0.2) is 4.98 Å². The molecule has 29 heavy (non-hydrogen) atoms. The van der Waals surface area contributed by atoms with Crippen LogP contribution in [0.25, 0.3) is 10.9 Å². The van der Waals surface area contributed by atoms with Crippen LogP contribution in [0, 0.1) is 0 Å². The normalized spacial score (nSPS) is 11.0. The number of rotatable bonds is 5. The summed E-state index contributed by atoms with van der Waals surface area (Å²) in [7, 11) is 0. The van der Waals surface area contributed by atoms with Crippen molar-refractivity contribution in [3.8, 4) is 0 Å². The maximum Gasteiger partial charge on any atom is 0.212 e. The van der Waals surface area contributed by atoms with Gasteiger partial charge in [0, 0.05) is 16.5 Å². The Morgan fingerprint density at radius 3 is 1.90 bits per heavy atom. The van der Waals surface area contributed by atoms with Gasteiger partial charge in [-0.15, -0.1) is 0 Å². The molecule has 1 aromatic heterocycles. The highest BCUT2D eigenvalue weighted by Crippen LogP contribution is 2.25. The number of fused-ring (bicyclic) bond motifs is 1. The van der Waals surface area contributed by atoms with Gasteiger partial charge in [0.05, 0.1) is 11.1 Å². The lowest BCUT2D eigenvalue weighted by atomic mass is 9.94. The van der Waals surface area contributed by atoms with E-state index in [2.05, 4.69) is 18.8 Å². The van der Waals surface area contributed by atoms with Crippen molar-refractivity contribution in [1.29, 1.82) is 0 Å². The van der Waals surface area contributed by atoms with Crippen LogP contribution < -0.4 is 0 Å². The summed E-state index contributed by atoms with van der Waals surface area (Å²) >= 11 is 0. The number of carbonyl (C=O) groups is 2. The highest BCUT2D eigenvalue weighted by Gasteiger charge is 2.22. The van der Waals surface area contributed by atoms with Crippen LogP contribution in [0.1, 0.15) is 57.3 Å². The van der Waals surface area contributed by atoms with Crippen molar-refractivity contribution < 1.29 is 9.59 Å². The van der Waals surface area contributed by atoms with E-state index in [1.54, 1.807) is 30.3 Å². The van der Waals surface area contributed by atoms with Crippen molar-refractivity contribution in [3.05, 3.63) is 113 Å². The summed E-state index contributed by atoms with van der Waals surface area (Å²) in [6.07, 6.45) is 0. The van der Waals surface area contributed by atoms with Gasteiger partial charge in [0.2, 0.25) is 5.78 Å². The molecule has 0 radical (unpaired) electrons. The zero-order valence-electron chi connectivity index (χ0n) is 16.4. The van der Waals surface area contributed by atoms with E-state index < -0.39 is 0 Å². The third-order valence-electron chi connectivity index (χ3n) is 5.04. The highest BCUT2D eigenvalue weighted by molar-refractivity contribution is 6.19. The van der Waals surface area contributed by atoms with Crippen molar-refractivity contribution in [3.63, 3.8) is 0 Å². The summed E-state index contributed by atoms with van der Waals surface area (Å²) in [6.45, 7) is 4.25. The molecule has 0 N–H and O–H groups in total. The molecule has 3 nitrogen and oxygen atoms in total. The number of ketones is 2. The summed E-state index contributed by atoms with van der Waals surface area (Å²) in [5.41, 5.74) is 3.45. The van der Waals surface area contributed by atoms with Crippen molar-refractivity contribution >= 4 is 22.5 Å². The third-order valence-corrected chi connectivity index (χ3v) is 5.04. The van der Waals surface area contributed by atoms with Crippen LogP contribution in [-0.2, 0) is 0 Å². The van der Waals surface area contributed by atoms with Gasteiger partial charge in [-0.2, -0.15) is 0 Å². The predicted molar refractivity (Wildman–Crippen MR) is 116 cm³/mol. The molecule has 0 spiro atoms. The van der Waals surface area contributed by atoms with E-state index in [9.17, 15) is 9.59 Å². The Balaban J connectivity index is 1.93. The topological polar surface area (TPSA) is 47.0 Å². The fourth-order valence-corrected chi connectivity index (χ4v) is 3.37. The van der Waals surface area contributed by atoms with Crippen LogP contribution in [0.4, 0.5) is 0 Å². The summed E-state index contributed by atoms with van der Waals surface area (Å²) in [4.78, 5) is 31.1. The molecule has 0 saturated carbocycles. The van der Waals surface area contributed by atoms with Crippen LogP contribution in [0.15, 0.2) is 84.9 Å². The number of benzene rings is 3. The van der Waals surface area contributed by atoms with Crippen LogP contribution in [-0.4, -0.2) is 16.6 Å². The lowest BCUT2D eigenvalue weighted by Gasteiger charge is -2.12. The van der Waals surface area contributed by atoms with Gasteiger partial charge >= 0.3 is 0 Å². The van der Waals surface area contributed by atoms with Crippen molar-refractivity contribution in [2.75, 3.05) is 0 Å². The molecule has 1 heterocycles. The van der Waals surface area contributed by atoms with E-state index in [0.717, 1.165) is 5.39 Å². The summed E-state index contributed by atoms with van der Waals surface area (Å²) < 4.78 is 0. The maximum absolute atomic E-state index is 13.3. The van der Waals surface area contributed by atoms with Gasteiger partial charge in [0.25, 0.3) is 0 Å². The summed E-state index contributed by atoms with van der Waals surface area (Å²) in [5, 5.41) is 0.861. The number of carbonyl (C=O) groups excluding carboxylic acids is 2. The Morgan fingerprint density at radius 1 is 0.724 bits per heavy atom. The average molecular weight is 379 g/mol. The van der Waals surface area contributed by atoms with Gasteiger partial charge < -0.3 is 0 Å². The molecule has 0 aliphatic carbocycles. The van der Waals surface area contributed by atoms with Gasteiger partial charge in [0.1, 0.15) is 5.69 Å². The van der Waals surface area contributed by atoms with Crippen molar-refractivity contribution in [2.45, 2.75) is 19.8 Å². The number of nitrogens with zero attached hydrogens (tertiary/aromatic N) is 1. The van der Waals surface area contributed by atoms with E-state index >= 15 is 0 Å². The summed E-state index contributed by atoms with van der Waals surface area (Å²) in [5.74, 6) is -0.0905. The first kappa shape index (κ1) is 18.8. The summed E-state index contributed by atoms with van der Waals surface area (Å²) in [6, 6.07) is 25.8. The molecule has 4 rings (SSSR count). The van der Waals surface area contributed by atoms with E-state index in [0.29, 0.717) is 28.1 Å². The number of aromatic nitrogens is 1. The number of hydrogen-bond donors (Lipinski definition) is 0. The van der Waals surface area contributed by atoms with Gasteiger partial charge in [-0.05, 0) is 29.7 Å². The van der Waals surface area contributed by atoms with Crippen molar-refractivity contribution in [1.82, 2.24) is 4.98 Å². The fraction of sp³-hybridized carbons (Fsp3) is 0.115. The second-order valence-electron chi connectivity index (χ2n) is 7.38. The highest BCUT2D eigenvalue weighted by atomic mass is 16.1. The lowest BCUT2D eigenvalue weighted by Crippen LogP contribution is -2.13. The molecular weight excluding hydrogens is 358 g/mol. The van der Waals surface area contributed by atoms with Crippen LogP contribution in [0.2, 0.25) is 0 Å². The van der Waals surface area contributed by atoms with Crippen LogP contribution >= 0.6 is 0 Å². The minimum absolute atomic E-state index is 0.190. The second-order valence-corrected chi connectivity index (χ2v) is 7.38. The average Bonchev–Trinajstić information content (AvgIpc) is 2.78. The zero-order chi connectivity index (χ0) is 20.4. The molecule has 3 heteroatoms. The standard InChI is InChI=1S/C26H21NO2/c1-17(2)20-13-14-23-21(15-20)16-22(25(28)18-9-5-3-6-10-18)24(27-23)26(29)19-11-7-4-8-12-19/h3-17H,1-2H3. The molecule has 3 aromatic carbocycles. The van der Waals surface area contributed by atoms with Gasteiger partial charge in [-0.1, -0.05) is 80.6 Å². The quantitative estimate of drug-likeness (QED) is 0.411. The monoisotopic (exact) mass is 379 g/mol. The molecule has 0 atom stereocenters. The molecule has 4 aromatic rings. The first-order chi connectivity index (χ1) is 14.0. The van der Waals surface area contributed by atoms with Crippen LogP contribution in [0.5, 0.6) is 0 Å². The first-order valence-corrected chi connectivity index (χ1v) is 9.69. The predicted octanol–water partition coefficient (Wildman–Crippen LogP) is 5.82. The molecule has 0 bridgehead atoms. The smallest absolute Gasteiger partial charge is 0.212 e. The Bertz CT molecular complexity index is 1200. The van der Waals surface area contributed by atoms with Crippen molar-refractivity contribution in [2.24, 2.45) is 0 Å². The lowest BCUT2D eigenvalue weighted by molar-refractivity contribution is 0.1000. The first-order valence-electron chi connectivity index (χ1n) is 9.69. The van der Waals surface area contributed by atoms with Crippen LogP contribution in [0.3, 0.4) is 0 Å². The fourth-order valence-electron chi connectivity index (χ4n) is 3.37. The largest absolute Gasteiger partial charge is 0.289 e. The Morgan fingerprint density at radius 2 is 1.31 bits per heavy atom. The third kappa shape index (κ3) is 3.72. The molecule has 0 fully saturated rings. The molecule has 142 valence electrons. The minimum Gasteiger partial charge on any atom is -0.289 e. The Hall–Kier alpha value is -3.59. The number of hydrogen-bond acceptors (Lipinski definition) is 3. The van der Waals surface area contributed by atoms with Gasteiger partial charge in [-0.3, -0.25) is 9.59 Å². The molecule has 0 amide bonds. The molecule has 0 saturated heterocycles. The molecule has 0 unspecified atom stereocenters. The Kier molecular flexibility index (Phi) is 5.05. The van der Waals surface area contributed by atoms with E-state index in [4.69, 9.17) is 0 Å². The van der Waals surface area contributed by atoms with E-state index in [-0.39, 0.29) is 17.3 Å². The minimum atomic E-state index is -0.250. The molecular formula is C26H21NO2. The van der Waals surface area contributed by atoms with Gasteiger partial charge in [0.15, 0.2) is 5.78 Å². The number of pyridine rings is 1. The molecule has 0 aliphatic rings. The maximum atomic E-state index is 13.3. The Labute approximate surface area is 170 Å². The molecule has 0 aliphatic heterocycles. The zero-order valence-corrected chi connectivity index (χ0v) is 16.4. The second kappa shape index (κ2) is 7.80. The van der Waals surface area contributed by atoms with E-state index in [1.807, 2.05) is 54.6 Å².